The van der Waals surface area contributed by atoms with Crippen molar-refractivity contribution in [2.24, 2.45) is 10.7 Å². The van der Waals surface area contributed by atoms with Crippen molar-refractivity contribution >= 4 is 27.8 Å². The summed E-state index contributed by atoms with van der Waals surface area (Å²) in [5.74, 6) is 0.502. The second kappa shape index (κ2) is 9.39. The second-order valence-electron chi connectivity index (χ2n) is 4.53. The lowest BCUT2D eigenvalue weighted by Crippen LogP contribution is -2.37. The lowest BCUT2D eigenvalue weighted by molar-refractivity contribution is 0.0953. The molecular weight excluding hydrogens is 332 g/mol. The van der Waals surface area contributed by atoms with Gasteiger partial charge in [-0.3, -0.25) is 9.79 Å². The first kappa shape index (κ1) is 17.5. The molecule has 0 spiro atoms. The minimum atomic E-state index is -0.0665. The number of nitrogens with one attached hydrogen (secondary N) is 1. The van der Waals surface area contributed by atoms with E-state index in [0.29, 0.717) is 24.6 Å². The lowest BCUT2D eigenvalue weighted by Gasteiger charge is -2.19. The zero-order valence-electron chi connectivity index (χ0n) is 12.6. The fourth-order valence-electron chi connectivity index (χ4n) is 1.83. The van der Waals surface area contributed by atoms with Gasteiger partial charge in [0.2, 0.25) is 0 Å². The Morgan fingerprint density at radius 1 is 1.29 bits per heavy atom. The van der Waals surface area contributed by atoms with Gasteiger partial charge in [-0.2, -0.15) is 0 Å². The van der Waals surface area contributed by atoms with Crippen LogP contribution in [0.1, 0.15) is 30.6 Å². The molecule has 0 atom stereocenters. The molecule has 0 radical (unpaired) electrons. The van der Waals surface area contributed by atoms with Crippen LogP contribution >= 0.6 is 15.9 Å². The minimum Gasteiger partial charge on any atom is -0.370 e. The molecule has 21 heavy (non-hydrogen) atoms. The SMILES string of the molecule is CCN(CC)C(N)=NCCCNC(=O)c1ccc(Br)cc1. The molecule has 6 heteroatoms. The Hall–Kier alpha value is -1.56. The molecule has 0 aliphatic carbocycles. The van der Waals surface area contributed by atoms with E-state index in [1.54, 1.807) is 12.1 Å². The van der Waals surface area contributed by atoms with Crippen molar-refractivity contribution in [2.75, 3.05) is 26.2 Å². The summed E-state index contributed by atoms with van der Waals surface area (Å²) in [6, 6.07) is 7.28. The van der Waals surface area contributed by atoms with Gasteiger partial charge in [-0.1, -0.05) is 15.9 Å². The predicted octanol–water partition coefficient (Wildman–Crippen LogP) is 2.23. The normalized spacial score (nSPS) is 11.3. The van der Waals surface area contributed by atoms with Gasteiger partial charge in [-0.15, -0.1) is 0 Å². The summed E-state index contributed by atoms with van der Waals surface area (Å²) in [7, 11) is 0. The van der Waals surface area contributed by atoms with Crippen molar-refractivity contribution in [2.45, 2.75) is 20.3 Å². The highest BCUT2D eigenvalue weighted by atomic mass is 79.9. The van der Waals surface area contributed by atoms with Crippen molar-refractivity contribution < 1.29 is 4.79 Å². The molecule has 0 bridgehead atoms. The van der Waals surface area contributed by atoms with Gasteiger partial charge in [0, 0.05) is 36.2 Å². The van der Waals surface area contributed by atoms with Crippen LogP contribution < -0.4 is 11.1 Å². The summed E-state index contributed by atoms with van der Waals surface area (Å²) in [6.45, 7) is 7.00. The van der Waals surface area contributed by atoms with Gasteiger partial charge in [0.1, 0.15) is 0 Å². The van der Waals surface area contributed by atoms with Gasteiger partial charge in [-0.25, -0.2) is 0 Å². The molecule has 0 aliphatic rings. The molecule has 0 aromatic heterocycles. The van der Waals surface area contributed by atoms with E-state index in [-0.39, 0.29) is 5.91 Å². The predicted molar refractivity (Wildman–Crippen MR) is 90.5 cm³/mol. The maximum atomic E-state index is 11.9. The molecule has 0 aliphatic heterocycles. The highest BCUT2D eigenvalue weighted by Crippen LogP contribution is 2.10. The molecule has 0 unspecified atom stereocenters. The number of benzene rings is 1. The summed E-state index contributed by atoms with van der Waals surface area (Å²) in [6.07, 6.45) is 0.768. The first-order chi connectivity index (χ1) is 10.1. The maximum Gasteiger partial charge on any atom is 0.251 e. The number of rotatable bonds is 7. The van der Waals surface area contributed by atoms with Crippen molar-refractivity contribution in [1.29, 1.82) is 0 Å². The van der Waals surface area contributed by atoms with Crippen LogP contribution in [0.2, 0.25) is 0 Å². The Labute approximate surface area is 134 Å². The van der Waals surface area contributed by atoms with Crippen LogP contribution in [0.4, 0.5) is 0 Å². The third-order valence-electron chi connectivity index (χ3n) is 3.09. The van der Waals surface area contributed by atoms with Crippen molar-refractivity contribution in [3.63, 3.8) is 0 Å². The third kappa shape index (κ3) is 6.16. The molecule has 5 nitrogen and oxygen atoms in total. The van der Waals surface area contributed by atoms with E-state index in [4.69, 9.17) is 5.73 Å². The maximum absolute atomic E-state index is 11.9. The van der Waals surface area contributed by atoms with Crippen LogP contribution in [0, 0.1) is 0 Å². The number of carbonyl (C=O) groups is 1. The molecule has 1 amide bonds. The van der Waals surface area contributed by atoms with E-state index in [1.165, 1.54) is 0 Å². The number of guanidine groups is 1. The molecule has 0 saturated heterocycles. The molecule has 3 N–H and O–H groups in total. The van der Waals surface area contributed by atoms with Crippen LogP contribution in [0.5, 0.6) is 0 Å². The zero-order chi connectivity index (χ0) is 15.7. The van der Waals surface area contributed by atoms with Gasteiger partial charge in [0.15, 0.2) is 5.96 Å². The second-order valence-corrected chi connectivity index (χ2v) is 5.44. The number of aliphatic imine (C=N–C) groups is 1. The fraction of sp³-hybridized carbons (Fsp3) is 0.467. The summed E-state index contributed by atoms with van der Waals surface area (Å²) in [5, 5.41) is 2.87. The van der Waals surface area contributed by atoms with Gasteiger partial charge >= 0.3 is 0 Å². The van der Waals surface area contributed by atoms with E-state index in [2.05, 4.69) is 26.2 Å². The summed E-state index contributed by atoms with van der Waals surface area (Å²) in [4.78, 5) is 18.2. The van der Waals surface area contributed by atoms with Crippen LogP contribution in [0.25, 0.3) is 0 Å². The summed E-state index contributed by atoms with van der Waals surface area (Å²) < 4.78 is 0.959. The number of nitrogens with zero attached hydrogens (tertiary/aromatic N) is 2. The Morgan fingerprint density at radius 2 is 1.90 bits per heavy atom. The smallest absolute Gasteiger partial charge is 0.251 e. The summed E-state index contributed by atoms with van der Waals surface area (Å²) in [5.41, 5.74) is 6.53. The largest absolute Gasteiger partial charge is 0.370 e. The molecule has 1 aromatic rings. The first-order valence-corrected chi connectivity index (χ1v) is 7.96. The Morgan fingerprint density at radius 3 is 2.48 bits per heavy atom. The van der Waals surface area contributed by atoms with E-state index in [1.807, 2.05) is 30.9 Å². The Balaban J connectivity index is 2.29. The molecule has 116 valence electrons. The average molecular weight is 355 g/mol. The van der Waals surface area contributed by atoms with Crippen LogP contribution in [0.3, 0.4) is 0 Å². The van der Waals surface area contributed by atoms with Gasteiger partial charge in [0.25, 0.3) is 5.91 Å². The number of hydrogen-bond donors (Lipinski definition) is 2. The van der Waals surface area contributed by atoms with Crippen molar-refractivity contribution in [1.82, 2.24) is 10.2 Å². The summed E-state index contributed by atoms with van der Waals surface area (Å²) >= 11 is 3.34. The molecule has 0 fully saturated rings. The fourth-order valence-corrected chi connectivity index (χ4v) is 2.09. The molecule has 1 aromatic carbocycles. The lowest BCUT2D eigenvalue weighted by atomic mass is 10.2. The Bertz CT molecular complexity index is 469. The van der Waals surface area contributed by atoms with Gasteiger partial charge in [0.05, 0.1) is 0 Å². The van der Waals surface area contributed by atoms with E-state index >= 15 is 0 Å². The standard InChI is InChI=1S/C15H23BrN4O/c1-3-20(4-2)15(17)19-11-5-10-18-14(21)12-6-8-13(16)9-7-12/h6-9H,3-5,10-11H2,1-2H3,(H2,17,19)(H,18,21). The third-order valence-corrected chi connectivity index (χ3v) is 3.62. The highest BCUT2D eigenvalue weighted by Gasteiger charge is 2.04. The molecular formula is C15H23BrN4O. The number of hydrogen-bond acceptors (Lipinski definition) is 2. The molecule has 0 heterocycles. The highest BCUT2D eigenvalue weighted by molar-refractivity contribution is 9.10. The number of carbonyl (C=O) groups excluding carboxylic acids is 1. The van der Waals surface area contributed by atoms with E-state index in [0.717, 1.165) is 24.0 Å². The quantitative estimate of drug-likeness (QED) is 0.448. The van der Waals surface area contributed by atoms with Crippen molar-refractivity contribution in [3.8, 4) is 0 Å². The monoisotopic (exact) mass is 354 g/mol. The van der Waals surface area contributed by atoms with Crippen LogP contribution in [0.15, 0.2) is 33.7 Å². The molecule has 1 rings (SSSR count). The topological polar surface area (TPSA) is 70.7 Å². The van der Waals surface area contributed by atoms with E-state index in [9.17, 15) is 4.79 Å². The number of nitrogens with two attached hydrogens (primary N) is 1. The average Bonchev–Trinajstić information content (AvgIpc) is 2.48. The zero-order valence-corrected chi connectivity index (χ0v) is 14.2. The minimum absolute atomic E-state index is 0.0665. The van der Waals surface area contributed by atoms with E-state index < -0.39 is 0 Å². The van der Waals surface area contributed by atoms with Gasteiger partial charge in [-0.05, 0) is 44.5 Å². The first-order valence-electron chi connectivity index (χ1n) is 7.17. The van der Waals surface area contributed by atoms with Crippen LogP contribution in [-0.2, 0) is 0 Å². The molecule has 0 saturated carbocycles. The Kier molecular flexibility index (Phi) is 7.82. The van der Waals surface area contributed by atoms with Gasteiger partial charge < -0.3 is 16.0 Å². The number of amides is 1. The van der Waals surface area contributed by atoms with Crippen molar-refractivity contribution in [3.05, 3.63) is 34.3 Å². The van der Waals surface area contributed by atoms with Crippen LogP contribution in [-0.4, -0.2) is 42.9 Å². The number of halogens is 1.